The Morgan fingerprint density at radius 3 is 2.17 bits per heavy atom. The first-order chi connectivity index (χ1) is 13.8. The fraction of sp³-hybridized carbons (Fsp3) is 0.381. The van der Waals surface area contributed by atoms with Crippen LogP contribution in [0.15, 0.2) is 46.3 Å². The summed E-state index contributed by atoms with van der Waals surface area (Å²) in [7, 11) is 0. The second kappa shape index (κ2) is 8.32. The Balaban J connectivity index is 2.28. The van der Waals surface area contributed by atoms with Gasteiger partial charge in [-0.05, 0) is 33.3 Å². The number of fused-ring (bicyclic) bond motifs is 1. The van der Waals surface area contributed by atoms with E-state index in [1.807, 2.05) is 31.2 Å². The average molecular weight is 416 g/mol. The number of nitrogens with zero attached hydrogens (tertiary/aromatic N) is 1. The number of aryl methyl sites for hydroxylation is 1. The molecule has 0 radical (unpaired) electrons. The van der Waals surface area contributed by atoms with Crippen LogP contribution < -0.4 is 5.73 Å². The molecule has 0 saturated carbocycles. The van der Waals surface area contributed by atoms with Crippen LogP contribution in [0.4, 0.5) is 0 Å². The summed E-state index contributed by atoms with van der Waals surface area (Å²) >= 11 is 1.24. The van der Waals surface area contributed by atoms with Gasteiger partial charge in [0.05, 0.1) is 40.6 Å². The van der Waals surface area contributed by atoms with Crippen molar-refractivity contribution in [1.29, 1.82) is 0 Å². The van der Waals surface area contributed by atoms with Gasteiger partial charge in [-0.25, -0.2) is 9.59 Å². The molecule has 0 bridgehead atoms. The topological polar surface area (TPSA) is 98.9 Å². The molecule has 3 rings (SSSR count). The lowest BCUT2D eigenvalue weighted by Gasteiger charge is -2.33. The highest BCUT2D eigenvalue weighted by Crippen LogP contribution is 2.49. The third kappa shape index (κ3) is 3.64. The predicted molar refractivity (Wildman–Crippen MR) is 109 cm³/mol. The maximum absolute atomic E-state index is 13.0. The minimum absolute atomic E-state index is 0.000997. The molecule has 8 heteroatoms. The fourth-order valence-electron chi connectivity index (χ4n) is 3.44. The number of benzene rings is 1. The van der Waals surface area contributed by atoms with Crippen LogP contribution in [-0.4, -0.2) is 41.2 Å². The van der Waals surface area contributed by atoms with Gasteiger partial charge in [-0.2, -0.15) is 0 Å². The smallest absolute Gasteiger partial charge is 0.338 e. The van der Waals surface area contributed by atoms with Crippen molar-refractivity contribution in [2.75, 3.05) is 13.2 Å². The van der Waals surface area contributed by atoms with E-state index in [0.29, 0.717) is 10.6 Å². The van der Waals surface area contributed by atoms with E-state index in [0.717, 1.165) is 5.56 Å². The average Bonchev–Trinajstić information content (AvgIpc) is 2.97. The van der Waals surface area contributed by atoms with Crippen LogP contribution in [0, 0.1) is 6.92 Å². The van der Waals surface area contributed by atoms with E-state index in [1.54, 1.807) is 20.8 Å². The van der Waals surface area contributed by atoms with E-state index in [2.05, 4.69) is 0 Å². The Labute approximate surface area is 173 Å². The number of rotatable bonds is 5. The largest absolute Gasteiger partial charge is 0.463 e. The van der Waals surface area contributed by atoms with E-state index in [9.17, 15) is 14.4 Å². The lowest BCUT2D eigenvalue weighted by molar-refractivity contribution is -0.139. The van der Waals surface area contributed by atoms with E-state index >= 15 is 0 Å². The lowest BCUT2D eigenvalue weighted by atomic mass is 9.82. The first-order valence-corrected chi connectivity index (χ1v) is 10.3. The van der Waals surface area contributed by atoms with E-state index < -0.39 is 23.1 Å². The zero-order valence-electron chi connectivity index (χ0n) is 16.9. The zero-order valence-corrected chi connectivity index (χ0v) is 17.7. The standard InChI is InChI=1S/C21H24N2O5S/c1-5-27-20(25)15-14(13-9-7-11(3)8-10-13)16(21(26)28-6-2)19-23(17(15)22)18(24)12(4)29-19/h7-10,12,14H,5-6,22H2,1-4H3/t12-,14-/m0/s1. The molecule has 0 unspecified atom stereocenters. The molecular formula is C21H24N2O5S. The van der Waals surface area contributed by atoms with Crippen LogP contribution in [-0.2, 0) is 23.9 Å². The second-order valence-electron chi connectivity index (χ2n) is 6.74. The van der Waals surface area contributed by atoms with Gasteiger partial charge in [0.25, 0.3) is 0 Å². The molecule has 0 aliphatic carbocycles. The van der Waals surface area contributed by atoms with Crippen molar-refractivity contribution in [3.8, 4) is 0 Å². The molecule has 7 nitrogen and oxygen atoms in total. The van der Waals surface area contributed by atoms with Crippen LogP contribution in [0.1, 0.15) is 37.8 Å². The van der Waals surface area contributed by atoms with Crippen LogP contribution >= 0.6 is 11.8 Å². The Morgan fingerprint density at radius 2 is 1.62 bits per heavy atom. The van der Waals surface area contributed by atoms with Crippen molar-refractivity contribution in [3.63, 3.8) is 0 Å². The Kier molecular flexibility index (Phi) is 6.02. The SMILES string of the molecule is CCOC(=O)C1=C(N)N2C(=O)[C@H](C)SC2=C(C(=O)OCC)[C@H]1c1ccc(C)cc1. The Bertz CT molecular complexity index is 920. The van der Waals surface area contributed by atoms with Gasteiger partial charge in [0.15, 0.2) is 0 Å². The Hall–Kier alpha value is -2.74. The number of ether oxygens (including phenoxy) is 2. The maximum Gasteiger partial charge on any atom is 0.338 e. The molecule has 2 atom stereocenters. The second-order valence-corrected chi connectivity index (χ2v) is 8.07. The number of carbonyl (C=O) groups excluding carboxylic acids is 3. The van der Waals surface area contributed by atoms with Crippen molar-refractivity contribution in [2.24, 2.45) is 5.73 Å². The number of esters is 2. The highest BCUT2D eigenvalue weighted by atomic mass is 32.2. The van der Waals surface area contributed by atoms with Crippen molar-refractivity contribution < 1.29 is 23.9 Å². The molecule has 154 valence electrons. The molecule has 1 fully saturated rings. The fourth-order valence-corrected chi connectivity index (χ4v) is 4.60. The van der Waals surface area contributed by atoms with Crippen LogP contribution in [0.2, 0.25) is 0 Å². The molecule has 1 saturated heterocycles. The summed E-state index contributed by atoms with van der Waals surface area (Å²) in [5.74, 6) is -2.31. The molecule has 1 amide bonds. The number of hydrogen-bond acceptors (Lipinski definition) is 7. The summed E-state index contributed by atoms with van der Waals surface area (Å²) in [4.78, 5) is 39.9. The molecule has 1 aromatic rings. The summed E-state index contributed by atoms with van der Waals surface area (Å²) in [6, 6.07) is 7.47. The molecule has 29 heavy (non-hydrogen) atoms. The number of carbonyl (C=O) groups is 3. The number of thioether (sulfide) groups is 1. The summed E-state index contributed by atoms with van der Waals surface area (Å²) in [6.07, 6.45) is 0. The van der Waals surface area contributed by atoms with Gasteiger partial charge >= 0.3 is 11.9 Å². The molecule has 2 heterocycles. The van der Waals surface area contributed by atoms with Gasteiger partial charge in [-0.3, -0.25) is 9.69 Å². The number of hydrogen-bond donors (Lipinski definition) is 1. The van der Waals surface area contributed by atoms with Crippen molar-refractivity contribution in [2.45, 2.75) is 38.9 Å². The minimum Gasteiger partial charge on any atom is -0.463 e. The van der Waals surface area contributed by atoms with Gasteiger partial charge in [0.2, 0.25) is 5.91 Å². The molecule has 2 N–H and O–H groups in total. The summed E-state index contributed by atoms with van der Waals surface area (Å²) < 4.78 is 10.5. The van der Waals surface area contributed by atoms with E-state index in [1.165, 1.54) is 16.7 Å². The van der Waals surface area contributed by atoms with Gasteiger partial charge < -0.3 is 15.2 Å². The molecule has 1 aromatic carbocycles. The first kappa shape index (κ1) is 21.0. The number of nitrogens with two attached hydrogens (primary N) is 1. The van der Waals surface area contributed by atoms with Crippen molar-refractivity contribution >= 4 is 29.6 Å². The third-order valence-corrected chi connectivity index (χ3v) is 5.97. The van der Waals surface area contributed by atoms with Gasteiger partial charge in [-0.1, -0.05) is 41.6 Å². The van der Waals surface area contributed by atoms with Crippen LogP contribution in [0.5, 0.6) is 0 Å². The van der Waals surface area contributed by atoms with Gasteiger partial charge in [0, 0.05) is 0 Å². The molecular weight excluding hydrogens is 392 g/mol. The minimum atomic E-state index is -0.787. The number of amides is 1. The van der Waals surface area contributed by atoms with Crippen molar-refractivity contribution in [1.82, 2.24) is 4.90 Å². The molecule has 0 aromatic heterocycles. The van der Waals surface area contributed by atoms with Crippen LogP contribution in [0.25, 0.3) is 0 Å². The summed E-state index contributed by atoms with van der Waals surface area (Å²) in [6.45, 7) is 7.38. The van der Waals surface area contributed by atoms with E-state index in [-0.39, 0.29) is 36.1 Å². The first-order valence-electron chi connectivity index (χ1n) is 9.46. The van der Waals surface area contributed by atoms with Crippen LogP contribution in [0.3, 0.4) is 0 Å². The summed E-state index contributed by atoms with van der Waals surface area (Å²) in [5, 5.41) is -0.0229. The molecule has 0 spiro atoms. The molecule has 2 aliphatic heterocycles. The van der Waals surface area contributed by atoms with Gasteiger partial charge in [0.1, 0.15) is 5.82 Å². The Morgan fingerprint density at radius 1 is 1.07 bits per heavy atom. The summed E-state index contributed by atoms with van der Waals surface area (Å²) in [5.41, 5.74) is 8.36. The maximum atomic E-state index is 13.0. The quantitative estimate of drug-likeness (QED) is 0.737. The predicted octanol–water partition coefficient (Wildman–Crippen LogP) is 2.56. The monoisotopic (exact) mass is 416 g/mol. The molecule has 2 aliphatic rings. The van der Waals surface area contributed by atoms with Crippen molar-refractivity contribution in [3.05, 3.63) is 57.4 Å². The van der Waals surface area contributed by atoms with E-state index in [4.69, 9.17) is 15.2 Å². The normalized spacial score (nSPS) is 21.4. The third-order valence-electron chi connectivity index (χ3n) is 4.79. The highest BCUT2D eigenvalue weighted by Gasteiger charge is 2.49. The highest BCUT2D eigenvalue weighted by molar-refractivity contribution is 8.04. The van der Waals surface area contributed by atoms with Gasteiger partial charge in [-0.15, -0.1) is 0 Å². The lowest BCUT2D eigenvalue weighted by Crippen LogP contribution is -2.40. The zero-order chi connectivity index (χ0) is 21.3.